The molecule has 0 atom stereocenters. The molecule has 0 heterocycles. The number of hydrogen-bond acceptors (Lipinski definition) is 4. The maximum Gasteiger partial charge on any atom is 2.00 e. The number of rotatable bonds is 0. The maximum absolute atomic E-state index is 8.55. The molecule has 0 aliphatic rings. The predicted molar refractivity (Wildman–Crippen MR) is 13.4 cm³/mol. The second kappa shape index (κ2) is 2.96. The van der Waals surface area contributed by atoms with E-state index in [4.69, 9.17) is 19.2 Å². The van der Waals surface area contributed by atoms with Crippen LogP contribution in [0.3, 0.4) is 0 Å². The molecule has 32 valence electrons. The van der Waals surface area contributed by atoms with Gasteiger partial charge in [-0.15, -0.1) is 0 Å². The molecule has 0 radical (unpaired) electrons. The van der Waals surface area contributed by atoms with E-state index in [0.29, 0.717) is 0 Å². The molecule has 0 aromatic rings. The van der Waals surface area contributed by atoms with Crippen LogP contribution in [0, 0.1) is 0 Å². The van der Waals surface area contributed by atoms with Crippen molar-refractivity contribution in [3.8, 4) is 0 Å². The number of hydrogen-bond donors (Lipinski definition) is 0. The summed E-state index contributed by atoms with van der Waals surface area (Å²) in [6.45, 7) is 0. The van der Waals surface area contributed by atoms with Crippen LogP contribution in [0.15, 0.2) is 0 Å². The Morgan fingerprint density at radius 1 is 1.17 bits per heavy atom. The molecule has 4 nitrogen and oxygen atoms in total. The molecule has 6 heteroatoms. The van der Waals surface area contributed by atoms with Gasteiger partial charge in [0.15, 0.2) is 0 Å². The van der Waals surface area contributed by atoms with E-state index in [1.54, 1.807) is 0 Å². The molecular formula is MgO4P-. The standard InChI is InChI=1S/Mg.H3O4P/c;1-5(2,3)4/h;(H3,1,2,3,4)/q+2;/p-3. The van der Waals surface area contributed by atoms with Crippen LogP contribution in [-0.2, 0) is 4.57 Å². The SMILES string of the molecule is O=P([O-])([O-])[O-].[Mg+2]. The first-order chi connectivity index (χ1) is 2.00. The molecule has 0 unspecified atom stereocenters. The largest absolute Gasteiger partial charge is 2.00 e. The van der Waals surface area contributed by atoms with Crippen molar-refractivity contribution in [3.63, 3.8) is 0 Å². The van der Waals surface area contributed by atoms with Crippen LogP contribution in [0.4, 0.5) is 0 Å². The van der Waals surface area contributed by atoms with E-state index >= 15 is 0 Å². The summed E-state index contributed by atoms with van der Waals surface area (Å²) >= 11 is 0. The van der Waals surface area contributed by atoms with E-state index in [2.05, 4.69) is 0 Å². The fourth-order valence-corrected chi connectivity index (χ4v) is 0. The van der Waals surface area contributed by atoms with Gasteiger partial charge >= 0.3 is 23.1 Å². The summed E-state index contributed by atoms with van der Waals surface area (Å²) in [4.78, 5) is 25.6. The van der Waals surface area contributed by atoms with Crippen molar-refractivity contribution in [3.05, 3.63) is 0 Å². The van der Waals surface area contributed by atoms with Gasteiger partial charge in [-0.1, -0.05) is 0 Å². The molecule has 0 bridgehead atoms. The minimum absolute atomic E-state index is 0. The molecule has 0 aliphatic carbocycles. The summed E-state index contributed by atoms with van der Waals surface area (Å²) in [7, 11) is -5.39. The van der Waals surface area contributed by atoms with Crippen molar-refractivity contribution in [1.82, 2.24) is 0 Å². The van der Waals surface area contributed by atoms with Gasteiger partial charge in [0.1, 0.15) is 0 Å². The summed E-state index contributed by atoms with van der Waals surface area (Å²) in [5, 5.41) is 0. The van der Waals surface area contributed by atoms with Crippen molar-refractivity contribution in [1.29, 1.82) is 0 Å². The zero-order chi connectivity index (χ0) is 4.50. The van der Waals surface area contributed by atoms with Crippen LogP contribution in [-0.4, -0.2) is 23.1 Å². The smallest absolute Gasteiger partial charge is 0.822 e. The Kier molecular flexibility index (Phi) is 4.92. The van der Waals surface area contributed by atoms with Crippen molar-refractivity contribution in [2.24, 2.45) is 0 Å². The first-order valence-electron chi connectivity index (χ1n) is 0.730. The van der Waals surface area contributed by atoms with Crippen molar-refractivity contribution in [2.45, 2.75) is 0 Å². The van der Waals surface area contributed by atoms with Crippen molar-refractivity contribution in [2.75, 3.05) is 0 Å². The molecule has 0 saturated heterocycles. The quantitative estimate of drug-likeness (QED) is 0.248. The van der Waals surface area contributed by atoms with Gasteiger partial charge in [-0.3, -0.25) is 0 Å². The van der Waals surface area contributed by atoms with Gasteiger partial charge < -0.3 is 19.2 Å². The zero-order valence-electron chi connectivity index (χ0n) is 2.79. The molecule has 0 aliphatic heterocycles. The fourth-order valence-electron chi connectivity index (χ4n) is 0. The van der Waals surface area contributed by atoms with E-state index in [9.17, 15) is 0 Å². The van der Waals surface area contributed by atoms with Crippen LogP contribution in [0.5, 0.6) is 0 Å². The third-order valence-corrected chi connectivity index (χ3v) is 0. The second-order valence-electron chi connectivity index (χ2n) is 0.447. The third-order valence-electron chi connectivity index (χ3n) is 0. The first-order valence-corrected chi connectivity index (χ1v) is 2.19. The van der Waals surface area contributed by atoms with E-state index in [1.165, 1.54) is 0 Å². The molecule has 0 fully saturated rings. The summed E-state index contributed by atoms with van der Waals surface area (Å²) in [5.74, 6) is 0. The molecule has 0 saturated carbocycles. The Morgan fingerprint density at radius 3 is 1.17 bits per heavy atom. The minimum atomic E-state index is -5.39. The molecule has 0 N–H and O–H groups in total. The van der Waals surface area contributed by atoms with E-state index in [1.807, 2.05) is 0 Å². The molecule has 6 heavy (non-hydrogen) atoms. The van der Waals surface area contributed by atoms with Gasteiger partial charge in [-0.25, -0.2) is 0 Å². The van der Waals surface area contributed by atoms with Crippen LogP contribution in [0.2, 0.25) is 0 Å². The minimum Gasteiger partial charge on any atom is -0.822 e. The van der Waals surface area contributed by atoms with Gasteiger partial charge in [-0.2, -0.15) is 7.82 Å². The third kappa shape index (κ3) is 95.4. The van der Waals surface area contributed by atoms with Gasteiger partial charge in [-0.05, 0) is 0 Å². The van der Waals surface area contributed by atoms with E-state index < -0.39 is 7.82 Å². The van der Waals surface area contributed by atoms with Crippen LogP contribution in [0.25, 0.3) is 0 Å². The normalized spacial score (nSPS) is 9.83. The molecule has 0 aromatic carbocycles. The Labute approximate surface area is 50.6 Å². The average molecular weight is 119 g/mol. The molecular weight excluding hydrogens is 119 g/mol. The van der Waals surface area contributed by atoms with Gasteiger partial charge in [0.05, 0.1) is 0 Å². The summed E-state index contributed by atoms with van der Waals surface area (Å²) < 4.78 is 8.55. The number of phosphoric acid groups is 1. The zero-order valence-corrected chi connectivity index (χ0v) is 5.10. The Balaban J connectivity index is 0. The topological polar surface area (TPSA) is 86.2 Å². The monoisotopic (exact) mass is 119 g/mol. The summed E-state index contributed by atoms with van der Waals surface area (Å²) in [5.41, 5.74) is 0. The van der Waals surface area contributed by atoms with Crippen molar-refractivity contribution < 1.29 is 19.2 Å². The fraction of sp³-hybridized carbons (Fsp3) is 0. The van der Waals surface area contributed by atoms with E-state index in [-0.39, 0.29) is 23.1 Å². The van der Waals surface area contributed by atoms with E-state index in [0.717, 1.165) is 0 Å². The Morgan fingerprint density at radius 2 is 1.17 bits per heavy atom. The Hall–Kier alpha value is 0.876. The first kappa shape index (κ1) is 9.99. The van der Waals surface area contributed by atoms with Crippen LogP contribution < -0.4 is 14.7 Å². The average Bonchev–Trinajstić information content (AvgIpc) is 0.722. The summed E-state index contributed by atoms with van der Waals surface area (Å²) in [6, 6.07) is 0. The van der Waals surface area contributed by atoms with Gasteiger partial charge in [0.25, 0.3) is 0 Å². The van der Waals surface area contributed by atoms with Crippen LogP contribution in [0.1, 0.15) is 0 Å². The molecule has 0 rings (SSSR count). The van der Waals surface area contributed by atoms with Gasteiger partial charge in [0.2, 0.25) is 0 Å². The predicted octanol–water partition coefficient (Wildman–Crippen LogP) is -3.21. The molecule has 0 amide bonds. The van der Waals surface area contributed by atoms with Crippen LogP contribution >= 0.6 is 7.82 Å². The maximum atomic E-state index is 8.55. The Bertz CT molecular complexity index is 53.7. The second-order valence-corrected chi connectivity index (χ2v) is 1.34. The molecule has 0 spiro atoms. The van der Waals surface area contributed by atoms with Gasteiger partial charge in [0, 0.05) is 0 Å². The van der Waals surface area contributed by atoms with Crippen molar-refractivity contribution >= 4 is 30.9 Å². The summed E-state index contributed by atoms with van der Waals surface area (Å²) in [6.07, 6.45) is 0. The molecule has 0 aromatic heterocycles.